The quantitative estimate of drug-likeness (QED) is 0.793. The lowest BCUT2D eigenvalue weighted by Gasteiger charge is -2.16. The molecule has 2 rings (SSSR count). The van der Waals surface area contributed by atoms with Gasteiger partial charge in [-0.1, -0.05) is 18.2 Å². The molecule has 0 bridgehead atoms. The van der Waals surface area contributed by atoms with Gasteiger partial charge in [0.1, 0.15) is 0 Å². The second-order valence-electron chi connectivity index (χ2n) is 5.22. The van der Waals surface area contributed by atoms with Gasteiger partial charge in [-0.15, -0.1) is 0 Å². The summed E-state index contributed by atoms with van der Waals surface area (Å²) in [4.78, 5) is 27.0. The lowest BCUT2D eigenvalue weighted by Crippen LogP contribution is -2.36. The minimum Gasteiger partial charge on any atom is -0.334 e. The minimum atomic E-state index is -0.258. The lowest BCUT2D eigenvalue weighted by molar-refractivity contribution is -0.114. The Morgan fingerprint density at radius 3 is 2.74 bits per heavy atom. The molecule has 0 unspecified atom stereocenters. The van der Waals surface area contributed by atoms with Gasteiger partial charge in [-0.25, -0.2) is 4.79 Å². The summed E-state index contributed by atoms with van der Waals surface area (Å²) in [5, 5.41) is 8.38. The molecule has 1 atom stereocenters. The first-order valence-electron chi connectivity index (χ1n) is 7.35. The van der Waals surface area contributed by atoms with E-state index in [-0.39, 0.29) is 18.0 Å². The Kier molecular flexibility index (Phi) is 5.68. The van der Waals surface area contributed by atoms with Crippen LogP contribution in [0.1, 0.15) is 31.0 Å². The molecule has 0 saturated heterocycles. The van der Waals surface area contributed by atoms with Crippen molar-refractivity contribution in [3.05, 3.63) is 59.9 Å². The van der Waals surface area contributed by atoms with E-state index in [1.54, 1.807) is 18.5 Å². The van der Waals surface area contributed by atoms with Crippen molar-refractivity contribution in [2.45, 2.75) is 26.4 Å². The van der Waals surface area contributed by atoms with Gasteiger partial charge in [-0.05, 0) is 36.2 Å². The summed E-state index contributed by atoms with van der Waals surface area (Å²) in [6.07, 6.45) is 3.40. The maximum atomic E-state index is 12.0. The van der Waals surface area contributed by atoms with E-state index in [2.05, 4.69) is 20.9 Å². The number of urea groups is 1. The van der Waals surface area contributed by atoms with Gasteiger partial charge in [0.2, 0.25) is 5.91 Å². The normalized spacial score (nSPS) is 11.4. The molecule has 120 valence electrons. The molecule has 0 saturated carbocycles. The molecule has 0 fully saturated rings. The zero-order valence-corrected chi connectivity index (χ0v) is 13.2. The SMILES string of the molecule is CC(=O)Nc1cccc([C@@H](C)NC(=O)NCc2cccnc2)c1. The van der Waals surface area contributed by atoms with Crippen LogP contribution in [0.2, 0.25) is 0 Å². The largest absolute Gasteiger partial charge is 0.334 e. The molecule has 0 aliphatic heterocycles. The number of nitrogens with zero attached hydrogens (tertiary/aromatic N) is 1. The third-order valence-corrected chi connectivity index (χ3v) is 3.23. The van der Waals surface area contributed by atoms with E-state index in [0.717, 1.165) is 11.1 Å². The van der Waals surface area contributed by atoms with Gasteiger partial charge >= 0.3 is 6.03 Å². The fraction of sp³-hybridized carbons (Fsp3) is 0.235. The molecule has 6 nitrogen and oxygen atoms in total. The molecule has 1 aromatic heterocycles. The third-order valence-electron chi connectivity index (χ3n) is 3.23. The summed E-state index contributed by atoms with van der Waals surface area (Å²) < 4.78 is 0. The van der Waals surface area contributed by atoms with Crippen LogP contribution >= 0.6 is 0 Å². The topological polar surface area (TPSA) is 83.1 Å². The van der Waals surface area contributed by atoms with Crippen LogP contribution in [0.25, 0.3) is 0 Å². The van der Waals surface area contributed by atoms with Crippen LogP contribution in [0, 0.1) is 0 Å². The van der Waals surface area contributed by atoms with Crippen molar-refractivity contribution in [3.8, 4) is 0 Å². The highest BCUT2D eigenvalue weighted by atomic mass is 16.2. The van der Waals surface area contributed by atoms with Gasteiger partial charge in [-0.2, -0.15) is 0 Å². The number of anilines is 1. The third kappa shape index (κ3) is 5.43. The van der Waals surface area contributed by atoms with Crippen molar-refractivity contribution in [2.24, 2.45) is 0 Å². The number of carbonyl (C=O) groups excluding carboxylic acids is 2. The molecular formula is C17H20N4O2. The summed E-state index contributed by atoms with van der Waals surface area (Å²) in [5.74, 6) is -0.128. The zero-order chi connectivity index (χ0) is 16.7. The minimum absolute atomic E-state index is 0.128. The molecule has 0 spiro atoms. The fourth-order valence-corrected chi connectivity index (χ4v) is 2.11. The van der Waals surface area contributed by atoms with Crippen molar-refractivity contribution in [3.63, 3.8) is 0 Å². The number of benzene rings is 1. The summed E-state index contributed by atoms with van der Waals surface area (Å²) in [6.45, 7) is 3.76. The predicted molar refractivity (Wildman–Crippen MR) is 88.8 cm³/mol. The molecule has 1 heterocycles. The summed E-state index contributed by atoms with van der Waals surface area (Å²) >= 11 is 0. The molecule has 0 radical (unpaired) electrons. The molecule has 0 aliphatic carbocycles. The van der Waals surface area contributed by atoms with Gasteiger partial charge in [-0.3, -0.25) is 9.78 Å². The van der Waals surface area contributed by atoms with E-state index in [0.29, 0.717) is 12.2 Å². The highest BCUT2D eigenvalue weighted by Crippen LogP contribution is 2.17. The van der Waals surface area contributed by atoms with Crippen LogP contribution in [0.3, 0.4) is 0 Å². The smallest absolute Gasteiger partial charge is 0.315 e. The maximum absolute atomic E-state index is 12.0. The second kappa shape index (κ2) is 7.93. The molecular weight excluding hydrogens is 292 g/mol. The van der Waals surface area contributed by atoms with Gasteiger partial charge < -0.3 is 16.0 Å². The fourth-order valence-electron chi connectivity index (χ4n) is 2.11. The molecule has 0 aliphatic rings. The van der Waals surface area contributed by atoms with Crippen LogP contribution in [0.5, 0.6) is 0 Å². The van der Waals surface area contributed by atoms with Crippen molar-refractivity contribution in [1.82, 2.24) is 15.6 Å². The number of nitrogens with one attached hydrogen (secondary N) is 3. The molecule has 6 heteroatoms. The molecule has 3 N–H and O–H groups in total. The number of hydrogen-bond donors (Lipinski definition) is 3. The number of pyridine rings is 1. The van der Waals surface area contributed by atoms with Crippen LogP contribution in [-0.4, -0.2) is 16.9 Å². The molecule has 3 amide bonds. The first-order valence-corrected chi connectivity index (χ1v) is 7.35. The van der Waals surface area contributed by atoms with E-state index in [1.165, 1.54) is 6.92 Å². The Morgan fingerprint density at radius 2 is 2.04 bits per heavy atom. The van der Waals surface area contributed by atoms with E-state index in [9.17, 15) is 9.59 Å². The first kappa shape index (κ1) is 16.5. The molecule has 1 aromatic carbocycles. The number of hydrogen-bond acceptors (Lipinski definition) is 3. The predicted octanol–water partition coefficient (Wildman–Crippen LogP) is 2.60. The van der Waals surface area contributed by atoms with Crippen LogP contribution < -0.4 is 16.0 Å². The van der Waals surface area contributed by atoms with Gasteiger partial charge in [0.05, 0.1) is 6.04 Å². The van der Waals surface area contributed by atoms with E-state index >= 15 is 0 Å². The Balaban J connectivity index is 1.89. The summed E-state index contributed by atoms with van der Waals surface area (Å²) in [7, 11) is 0. The highest BCUT2D eigenvalue weighted by Gasteiger charge is 2.10. The van der Waals surface area contributed by atoms with Crippen molar-refractivity contribution in [1.29, 1.82) is 0 Å². The van der Waals surface area contributed by atoms with E-state index < -0.39 is 0 Å². The van der Waals surface area contributed by atoms with E-state index in [1.807, 2.05) is 37.3 Å². The standard InChI is InChI=1S/C17H20N4O2/c1-12(15-6-3-7-16(9-15)21-13(2)22)20-17(23)19-11-14-5-4-8-18-10-14/h3-10,12H,11H2,1-2H3,(H,21,22)(H2,19,20,23)/t12-/m1/s1. The van der Waals surface area contributed by atoms with E-state index in [4.69, 9.17) is 0 Å². The van der Waals surface area contributed by atoms with Crippen LogP contribution in [0.15, 0.2) is 48.8 Å². The average molecular weight is 312 g/mol. The van der Waals surface area contributed by atoms with Crippen molar-refractivity contribution in [2.75, 3.05) is 5.32 Å². The summed E-state index contributed by atoms with van der Waals surface area (Å²) in [6, 6.07) is 10.7. The number of rotatable bonds is 5. The molecule has 23 heavy (non-hydrogen) atoms. The first-order chi connectivity index (χ1) is 11.0. The number of aromatic nitrogens is 1. The zero-order valence-electron chi connectivity index (χ0n) is 13.2. The Labute approximate surface area is 135 Å². The van der Waals surface area contributed by atoms with Gasteiger partial charge in [0.25, 0.3) is 0 Å². The molecule has 2 aromatic rings. The van der Waals surface area contributed by atoms with Crippen LogP contribution in [0.4, 0.5) is 10.5 Å². The number of carbonyl (C=O) groups is 2. The Bertz CT molecular complexity index is 673. The second-order valence-corrected chi connectivity index (χ2v) is 5.22. The van der Waals surface area contributed by atoms with Gasteiger partial charge in [0, 0.05) is 31.5 Å². The number of amides is 3. The summed E-state index contributed by atoms with van der Waals surface area (Å²) in [5.41, 5.74) is 2.55. The van der Waals surface area contributed by atoms with Crippen molar-refractivity contribution >= 4 is 17.6 Å². The van der Waals surface area contributed by atoms with Crippen molar-refractivity contribution < 1.29 is 9.59 Å². The Hall–Kier alpha value is -2.89. The van der Waals surface area contributed by atoms with Crippen LogP contribution in [-0.2, 0) is 11.3 Å². The maximum Gasteiger partial charge on any atom is 0.315 e. The highest BCUT2D eigenvalue weighted by molar-refractivity contribution is 5.88. The Morgan fingerprint density at radius 1 is 1.22 bits per heavy atom. The lowest BCUT2D eigenvalue weighted by atomic mass is 10.1. The van der Waals surface area contributed by atoms with Gasteiger partial charge in [0.15, 0.2) is 0 Å². The average Bonchev–Trinajstić information content (AvgIpc) is 2.53. The monoisotopic (exact) mass is 312 g/mol.